The molecule has 1 N–H and O–H groups in total. The number of rotatable bonds is 1. The van der Waals surface area contributed by atoms with Gasteiger partial charge >= 0.3 is 0 Å². The predicted octanol–water partition coefficient (Wildman–Crippen LogP) is 2.66. The average Bonchev–Trinajstić information content (AvgIpc) is 2.47. The molecule has 0 aliphatic rings. The first-order valence-corrected chi connectivity index (χ1v) is 4.27. The number of furan rings is 1. The number of hydrogen-bond donors (Lipinski definition) is 1. The average molecular weight is 176 g/mol. The molecule has 2 nitrogen and oxygen atoms in total. The Balaban J connectivity index is 2.61. The third kappa shape index (κ3) is 1.45. The second-order valence-electron chi connectivity index (χ2n) is 3.73. The van der Waals surface area contributed by atoms with Crippen molar-refractivity contribution in [3.8, 4) is 0 Å². The summed E-state index contributed by atoms with van der Waals surface area (Å²) in [6.45, 7) is 3.52. The topological polar surface area (TPSA) is 33.4 Å². The number of benzene rings is 1. The van der Waals surface area contributed by atoms with Crippen molar-refractivity contribution < 1.29 is 9.52 Å². The van der Waals surface area contributed by atoms with Crippen LogP contribution < -0.4 is 0 Å². The molecule has 0 fully saturated rings. The zero-order valence-electron chi connectivity index (χ0n) is 7.74. The Morgan fingerprint density at radius 3 is 2.69 bits per heavy atom. The van der Waals surface area contributed by atoms with Gasteiger partial charge in [-0.05, 0) is 31.5 Å². The molecule has 0 unspecified atom stereocenters. The third-order valence-corrected chi connectivity index (χ3v) is 2.16. The predicted molar refractivity (Wildman–Crippen MR) is 51.5 cm³/mol. The van der Waals surface area contributed by atoms with Gasteiger partial charge in [0, 0.05) is 5.39 Å². The van der Waals surface area contributed by atoms with Gasteiger partial charge in [-0.15, -0.1) is 0 Å². The normalized spacial score (nSPS) is 12.2. The minimum Gasteiger partial charge on any atom is -0.464 e. The monoisotopic (exact) mass is 176 g/mol. The van der Waals surface area contributed by atoms with Gasteiger partial charge in [-0.1, -0.05) is 12.1 Å². The van der Waals surface area contributed by atoms with Gasteiger partial charge in [0.2, 0.25) is 0 Å². The van der Waals surface area contributed by atoms with Crippen LogP contribution in [0.5, 0.6) is 0 Å². The molecule has 0 saturated carbocycles. The van der Waals surface area contributed by atoms with Crippen molar-refractivity contribution in [2.24, 2.45) is 0 Å². The fourth-order valence-corrected chi connectivity index (χ4v) is 1.34. The summed E-state index contributed by atoms with van der Waals surface area (Å²) in [5, 5.41) is 10.8. The van der Waals surface area contributed by atoms with Crippen LogP contribution >= 0.6 is 0 Å². The first kappa shape index (κ1) is 8.32. The van der Waals surface area contributed by atoms with Crippen molar-refractivity contribution in [3.63, 3.8) is 0 Å². The van der Waals surface area contributed by atoms with E-state index in [2.05, 4.69) is 0 Å². The molecule has 13 heavy (non-hydrogen) atoms. The van der Waals surface area contributed by atoms with Gasteiger partial charge in [0.15, 0.2) is 0 Å². The summed E-state index contributed by atoms with van der Waals surface area (Å²) in [6, 6.07) is 7.64. The maximum Gasteiger partial charge on any atom is 0.134 e. The molecular weight excluding hydrogens is 164 g/mol. The Labute approximate surface area is 76.8 Å². The summed E-state index contributed by atoms with van der Waals surface area (Å²) in [6.07, 6.45) is 1.65. The highest BCUT2D eigenvalue weighted by molar-refractivity contribution is 5.77. The number of fused-ring (bicyclic) bond motifs is 1. The second-order valence-corrected chi connectivity index (χ2v) is 3.73. The Morgan fingerprint density at radius 2 is 2.00 bits per heavy atom. The van der Waals surface area contributed by atoms with E-state index in [1.165, 1.54) is 0 Å². The van der Waals surface area contributed by atoms with Gasteiger partial charge in [-0.25, -0.2) is 0 Å². The lowest BCUT2D eigenvalue weighted by Gasteiger charge is -2.17. The maximum absolute atomic E-state index is 9.74. The van der Waals surface area contributed by atoms with E-state index in [1.807, 2.05) is 24.3 Å². The minimum absolute atomic E-state index is 0.805. The molecule has 68 valence electrons. The summed E-state index contributed by atoms with van der Waals surface area (Å²) in [5.74, 6) is 0. The summed E-state index contributed by atoms with van der Waals surface area (Å²) < 4.78 is 5.24. The molecule has 2 rings (SSSR count). The summed E-state index contributed by atoms with van der Waals surface area (Å²) in [5.41, 5.74) is 0.885. The lowest BCUT2D eigenvalue weighted by Crippen LogP contribution is -2.14. The zero-order chi connectivity index (χ0) is 9.47. The van der Waals surface area contributed by atoms with Crippen LogP contribution in [0.4, 0.5) is 0 Å². The van der Waals surface area contributed by atoms with Crippen LogP contribution in [0.1, 0.15) is 19.4 Å². The fraction of sp³-hybridized carbons (Fsp3) is 0.273. The maximum atomic E-state index is 9.74. The number of aliphatic hydroxyl groups is 1. The van der Waals surface area contributed by atoms with Crippen molar-refractivity contribution in [3.05, 3.63) is 36.1 Å². The van der Waals surface area contributed by atoms with Crippen LogP contribution in [0.2, 0.25) is 0 Å². The van der Waals surface area contributed by atoms with Gasteiger partial charge in [0.1, 0.15) is 5.58 Å². The van der Waals surface area contributed by atoms with Crippen LogP contribution in [0, 0.1) is 0 Å². The Bertz CT molecular complexity index is 421. The van der Waals surface area contributed by atoms with Crippen LogP contribution in [0.15, 0.2) is 34.9 Å². The SMILES string of the molecule is CC(C)(O)c1ccc2ccoc2c1. The van der Waals surface area contributed by atoms with Crippen LogP contribution in [-0.4, -0.2) is 5.11 Å². The molecule has 1 aromatic heterocycles. The van der Waals surface area contributed by atoms with E-state index in [0.29, 0.717) is 0 Å². The highest BCUT2D eigenvalue weighted by Crippen LogP contribution is 2.24. The molecule has 1 heterocycles. The number of hydrogen-bond acceptors (Lipinski definition) is 2. The van der Waals surface area contributed by atoms with Crippen molar-refractivity contribution in [1.29, 1.82) is 0 Å². The Kier molecular flexibility index (Phi) is 1.67. The quantitative estimate of drug-likeness (QED) is 0.724. The van der Waals surface area contributed by atoms with E-state index in [9.17, 15) is 5.11 Å². The van der Waals surface area contributed by atoms with E-state index < -0.39 is 5.60 Å². The molecule has 0 radical (unpaired) electrons. The molecule has 2 heteroatoms. The third-order valence-electron chi connectivity index (χ3n) is 2.16. The van der Waals surface area contributed by atoms with Crippen molar-refractivity contribution >= 4 is 11.0 Å². The van der Waals surface area contributed by atoms with Gasteiger partial charge in [-0.3, -0.25) is 0 Å². The van der Waals surface area contributed by atoms with Crippen molar-refractivity contribution in [2.45, 2.75) is 19.4 Å². The molecule has 0 aliphatic carbocycles. The van der Waals surface area contributed by atoms with E-state index in [-0.39, 0.29) is 0 Å². The Morgan fingerprint density at radius 1 is 1.23 bits per heavy atom. The first-order valence-electron chi connectivity index (χ1n) is 4.27. The lowest BCUT2D eigenvalue weighted by molar-refractivity contribution is 0.0786. The van der Waals surface area contributed by atoms with Crippen LogP contribution in [0.3, 0.4) is 0 Å². The van der Waals surface area contributed by atoms with Gasteiger partial charge in [0.05, 0.1) is 11.9 Å². The molecule has 0 amide bonds. The molecule has 0 saturated heterocycles. The highest BCUT2D eigenvalue weighted by atomic mass is 16.3. The second kappa shape index (κ2) is 2.60. The summed E-state index contributed by atoms with van der Waals surface area (Å²) >= 11 is 0. The molecule has 2 aromatic rings. The van der Waals surface area contributed by atoms with E-state index in [1.54, 1.807) is 20.1 Å². The highest BCUT2D eigenvalue weighted by Gasteiger charge is 2.16. The Hall–Kier alpha value is -1.28. The zero-order valence-corrected chi connectivity index (χ0v) is 7.74. The summed E-state index contributed by atoms with van der Waals surface area (Å²) in [4.78, 5) is 0. The smallest absolute Gasteiger partial charge is 0.134 e. The van der Waals surface area contributed by atoms with E-state index in [0.717, 1.165) is 16.5 Å². The van der Waals surface area contributed by atoms with Gasteiger partial charge < -0.3 is 9.52 Å². The standard InChI is InChI=1S/C11H12O2/c1-11(2,12)9-4-3-8-5-6-13-10(8)7-9/h3-7,12H,1-2H3. The fourth-order valence-electron chi connectivity index (χ4n) is 1.34. The first-order chi connectivity index (χ1) is 6.07. The van der Waals surface area contributed by atoms with Crippen LogP contribution in [-0.2, 0) is 5.60 Å². The van der Waals surface area contributed by atoms with E-state index >= 15 is 0 Å². The van der Waals surface area contributed by atoms with Crippen molar-refractivity contribution in [2.75, 3.05) is 0 Å². The van der Waals surface area contributed by atoms with E-state index in [4.69, 9.17) is 4.42 Å². The molecular formula is C11H12O2. The molecule has 0 aliphatic heterocycles. The minimum atomic E-state index is -0.805. The molecule has 0 atom stereocenters. The largest absolute Gasteiger partial charge is 0.464 e. The van der Waals surface area contributed by atoms with Crippen molar-refractivity contribution in [1.82, 2.24) is 0 Å². The molecule has 1 aromatic carbocycles. The van der Waals surface area contributed by atoms with Crippen LogP contribution in [0.25, 0.3) is 11.0 Å². The molecule has 0 bridgehead atoms. The van der Waals surface area contributed by atoms with Gasteiger partial charge in [0.25, 0.3) is 0 Å². The van der Waals surface area contributed by atoms with Gasteiger partial charge in [-0.2, -0.15) is 0 Å². The summed E-state index contributed by atoms with van der Waals surface area (Å²) in [7, 11) is 0. The molecule has 0 spiro atoms. The lowest BCUT2D eigenvalue weighted by atomic mass is 9.98.